The van der Waals surface area contributed by atoms with E-state index in [1.54, 1.807) is 0 Å². The number of nitrogens with two attached hydrogens (primary N) is 1. The Bertz CT molecular complexity index is 934. The zero-order chi connectivity index (χ0) is 20.4. The number of fused-ring (bicyclic) bond motifs is 1. The monoisotopic (exact) mass is 417 g/mol. The minimum absolute atomic E-state index is 0.104. The first-order valence-corrected chi connectivity index (χ1v) is 10.6. The van der Waals surface area contributed by atoms with Gasteiger partial charge in [-0.25, -0.2) is 5.14 Å². The number of hydrogen-bond acceptors (Lipinski definition) is 4. The Hall–Kier alpha value is -1.65. The van der Waals surface area contributed by atoms with E-state index in [2.05, 4.69) is 5.16 Å². The molecule has 6 nitrogen and oxygen atoms in total. The molecule has 1 aromatic rings. The van der Waals surface area contributed by atoms with Crippen LogP contribution in [0.2, 0.25) is 0 Å². The van der Waals surface area contributed by atoms with Gasteiger partial charge >= 0.3 is 6.18 Å². The second-order valence-electron chi connectivity index (χ2n) is 8.43. The quantitative estimate of drug-likeness (QED) is 0.438. The van der Waals surface area contributed by atoms with E-state index in [4.69, 9.17) is 10.3 Å². The molecule has 3 atom stereocenters. The predicted octanol–water partition coefficient (Wildman–Crippen LogP) is 2.45. The van der Waals surface area contributed by atoms with E-state index in [0.29, 0.717) is 10.7 Å². The lowest BCUT2D eigenvalue weighted by Gasteiger charge is -2.30. The van der Waals surface area contributed by atoms with Gasteiger partial charge in [-0.15, -0.1) is 0 Å². The topological polar surface area (TPSA) is 96.0 Å². The number of rotatable bonds is 5. The predicted molar refractivity (Wildman–Crippen MR) is 96.2 cm³/mol. The van der Waals surface area contributed by atoms with Crippen LogP contribution in [-0.4, -0.2) is 43.4 Å². The number of nitrogens with zero attached hydrogens (tertiary/aromatic N) is 2. The van der Waals surface area contributed by atoms with E-state index >= 15 is 0 Å². The van der Waals surface area contributed by atoms with Gasteiger partial charge in [-0.3, -0.25) is 0 Å². The molecule has 0 amide bonds. The zero-order valence-electron chi connectivity index (χ0n) is 15.1. The fraction of sp³-hybridized carbons (Fsp3) is 0.611. The fourth-order valence-electron chi connectivity index (χ4n) is 5.71. The van der Waals surface area contributed by atoms with E-state index in [9.17, 15) is 21.6 Å². The highest BCUT2D eigenvalue weighted by Gasteiger charge is 2.74. The van der Waals surface area contributed by atoms with Gasteiger partial charge in [0.2, 0.25) is 0 Å². The molecule has 2 fully saturated rings. The summed E-state index contributed by atoms with van der Waals surface area (Å²) in [5.74, 6) is 0.104. The smallest absolute Gasteiger partial charge is 0.402 e. The van der Waals surface area contributed by atoms with Crippen LogP contribution in [0.15, 0.2) is 23.4 Å². The van der Waals surface area contributed by atoms with E-state index in [1.165, 1.54) is 6.21 Å². The average Bonchev–Trinajstić information content (AvgIpc) is 3.11. The highest BCUT2D eigenvalue weighted by Crippen LogP contribution is 2.78. The summed E-state index contributed by atoms with van der Waals surface area (Å²) in [5, 5.41) is 16.9. The van der Waals surface area contributed by atoms with Crippen molar-refractivity contribution in [2.45, 2.75) is 38.3 Å². The van der Waals surface area contributed by atoms with E-state index in [0.717, 1.165) is 42.4 Å². The molecule has 28 heavy (non-hydrogen) atoms. The van der Waals surface area contributed by atoms with Gasteiger partial charge in [0, 0.05) is 6.54 Å². The third-order valence-electron chi connectivity index (χ3n) is 6.94. The Balaban J connectivity index is 1.65. The number of oxime groups is 1. The molecule has 10 heteroatoms. The van der Waals surface area contributed by atoms with E-state index in [1.807, 2.05) is 18.2 Å². The van der Waals surface area contributed by atoms with Gasteiger partial charge in [0.15, 0.2) is 0 Å². The van der Waals surface area contributed by atoms with E-state index in [-0.39, 0.29) is 17.9 Å². The molecule has 3 aliphatic carbocycles. The van der Waals surface area contributed by atoms with Crippen molar-refractivity contribution in [2.75, 3.05) is 13.1 Å². The number of hydrogen-bond donors (Lipinski definition) is 2. The summed E-state index contributed by atoms with van der Waals surface area (Å²) in [5.41, 5.74) is 2.35. The van der Waals surface area contributed by atoms with Crippen LogP contribution >= 0.6 is 0 Å². The molecular weight excluding hydrogens is 395 g/mol. The highest BCUT2D eigenvalue weighted by molar-refractivity contribution is 7.86. The molecule has 3 N–H and O–H groups in total. The van der Waals surface area contributed by atoms with Crippen LogP contribution in [0.4, 0.5) is 13.2 Å². The molecule has 0 heterocycles. The average molecular weight is 417 g/mol. The van der Waals surface area contributed by atoms with Gasteiger partial charge in [0.25, 0.3) is 10.2 Å². The molecular formula is C18H22F3N3O3S. The highest BCUT2D eigenvalue weighted by atomic mass is 32.2. The van der Waals surface area contributed by atoms with Crippen molar-refractivity contribution >= 4 is 16.4 Å². The van der Waals surface area contributed by atoms with Crippen LogP contribution in [0.1, 0.15) is 36.0 Å². The summed E-state index contributed by atoms with van der Waals surface area (Å²) >= 11 is 0. The minimum Gasteiger partial charge on any atom is -0.411 e. The Kier molecular flexibility index (Phi) is 4.33. The normalized spacial score (nSPS) is 31.7. The molecule has 0 spiro atoms. The van der Waals surface area contributed by atoms with Gasteiger partial charge in [-0.05, 0) is 71.6 Å². The van der Waals surface area contributed by atoms with Gasteiger partial charge in [-0.2, -0.15) is 25.9 Å². The third kappa shape index (κ3) is 3.21. The van der Waals surface area contributed by atoms with Crippen LogP contribution in [0.3, 0.4) is 0 Å². The Labute approximate surface area is 161 Å². The minimum atomic E-state index is -4.64. The molecule has 0 radical (unpaired) electrons. The number of alkyl halides is 3. The number of halogens is 3. The van der Waals surface area contributed by atoms with Crippen LogP contribution in [0.25, 0.3) is 0 Å². The second kappa shape index (κ2) is 6.17. The second-order valence-corrected chi connectivity index (χ2v) is 9.98. The van der Waals surface area contributed by atoms with E-state index < -0.39 is 28.3 Å². The molecule has 154 valence electrons. The third-order valence-corrected chi connectivity index (χ3v) is 7.92. The maximum absolute atomic E-state index is 13.0. The molecule has 2 saturated carbocycles. The van der Waals surface area contributed by atoms with Gasteiger partial charge in [0.05, 0.1) is 6.21 Å². The Morgan fingerprint density at radius 1 is 1.36 bits per heavy atom. The summed E-state index contributed by atoms with van der Waals surface area (Å²) in [4.78, 5) is 0. The van der Waals surface area contributed by atoms with Crippen molar-refractivity contribution in [1.29, 1.82) is 0 Å². The standard InChI is InChI=1S/C18H22F3N3O3S/c19-18(20,21)11-24(28(22,26)27)10-17-9-16(17)4-3-15(17)6-14-5-12(8-23-25)1-2-13(14)7-16/h1-2,5,8,15,25H,3-4,6-7,9-11H2,(H2,22,26,27)/b23-8+/t15-,16+,17-/m1/s1. The lowest BCUT2D eigenvalue weighted by molar-refractivity contribution is -0.137. The maximum Gasteiger partial charge on any atom is 0.402 e. The van der Waals surface area contributed by atoms with Gasteiger partial charge in [0.1, 0.15) is 6.54 Å². The molecule has 0 unspecified atom stereocenters. The van der Waals surface area contributed by atoms with Crippen molar-refractivity contribution < 1.29 is 26.8 Å². The maximum atomic E-state index is 13.0. The van der Waals surface area contributed by atoms with Crippen LogP contribution in [0, 0.1) is 16.7 Å². The summed E-state index contributed by atoms with van der Waals surface area (Å²) < 4.78 is 63.0. The molecule has 0 aliphatic heterocycles. The van der Waals surface area contributed by atoms with Gasteiger partial charge < -0.3 is 5.21 Å². The van der Waals surface area contributed by atoms with Crippen LogP contribution in [0.5, 0.6) is 0 Å². The Morgan fingerprint density at radius 2 is 2.11 bits per heavy atom. The summed E-state index contributed by atoms with van der Waals surface area (Å²) in [7, 11) is -4.46. The largest absolute Gasteiger partial charge is 0.411 e. The number of benzene rings is 1. The van der Waals surface area contributed by atoms with Crippen molar-refractivity contribution in [3.05, 3.63) is 34.9 Å². The summed E-state index contributed by atoms with van der Waals surface area (Å²) in [6, 6.07) is 5.75. The summed E-state index contributed by atoms with van der Waals surface area (Å²) in [6.07, 6.45) is 0.576. The van der Waals surface area contributed by atoms with Crippen LogP contribution in [-0.2, 0) is 23.1 Å². The van der Waals surface area contributed by atoms with Crippen molar-refractivity contribution in [2.24, 2.45) is 27.0 Å². The first kappa shape index (κ1) is 19.7. The first-order valence-electron chi connectivity index (χ1n) is 9.12. The molecule has 3 aliphatic rings. The molecule has 0 saturated heterocycles. The lowest BCUT2D eigenvalue weighted by Crippen LogP contribution is -2.47. The van der Waals surface area contributed by atoms with Crippen molar-refractivity contribution in [3.8, 4) is 0 Å². The first-order chi connectivity index (χ1) is 13.0. The van der Waals surface area contributed by atoms with Crippen molar-refractivity contribution in [1.82, 2.24) is 4.31 Å². The molecule has 2 bridgehead atoms. The summed E-state index contributed by atoms with van der Waals surface area (Å²) in [6.45, 7) is -1.74. The SMILES string of the molecule is NS(=O)(=O)N(CC(F)(F)F)C[C@@]12C[C@@]13CC[C@@H]2Cc1cc(/C=N/O)ccc1C3. The molecule has 0 aromatic heterocycles. The Morgan fingerprint density at radius 3 is 2.75 bits per heavy atom. The lowest BCUT2D eigenvalue weighted by atomic mass is 9.84. The zero-order valence-corrected chi connectivity index (χ0v) is 15.9. The molecule has 1 aromatic carbocycles. The van der Waals surface area contributed by atoms with Crippen LogP contribution < -0.4 is 5.14 Å². The van der Waals surface area contributed by atoms with Crippen molar-refractivity contribution in [3.63, 3.8) is 0 Å². The molecule has 4 rings (SSSR count). The van der Waals surface area contributed by atoms with Gasteiger partial charge in [-0.1, -0.05) is 17.3 Å². The fourth-order valence-corrected chi connectivity index (χ4v) is 6.45.